The van der Waals surface area contributed by atoms with Gasteiger partial charge in [-0.3, -0.25) is 14.6 Å². The van der Waals surface area contributed by atoms with Crippen LogP contribution in [-0.4, -0.2) is 49.6 Å². The lowest BCUT2D eigenvalue weighted by Crippen LogP contribution is -2.31. The van der Waals surface area contributed by atoms with Crippen LogP contribution in [0.3, 0.4) is 0 Å². The minimum Gasteiger partial charge on any atom is -0.507 e. The number of rotatable bonds is 6. The molecule has 0 bridgehead atoms. The number of Topliss-reactive ketones (excluding diaryl/α,β-unsaturated/α-hetero) is 1. The summed E-state index contributed by atoms with van der Waals surface area (Å²) in [5.41, 5.74) is 0.887. The van der Waals surface area contributed by atoms with E-state index in [1.54, 1.807) is 55.1 Å². The Morgan fingerprint density at radius 3 is 2.75 bits per heavy atom. The van der Waals surface area contributed by atoms with Crippen molar-refractivity contribution in [3.05, 3.63) is 78.1 Å². The molecule has 2 aromatic heterocycles. The van der Waals surface area contributed by atoms with Crippen LogP contribution in [0, 0.1) is 0 Å². The van der Waals surface area contributed by atoms with Gasteiger partial charge in [0.25, 0.3) is 11.7 Å². The van der Waals surface area contributed by atoms with Gasteiger partial charge in [0, 0.05) is 37.2 Å². The van der Waals surface area contributed by atoms with Gasteiger partial charge in [0.05, 0.1) is 17.6 Å². The maximum Gasteiger partial charge on any atom is 0.295 e. The van der Waals surface area contributed by atoms with E-state index < -0.39 is 17.7 Å². The van der Waals surface area contributed by atoms with Crippen LogP contribution in [0.5, 0.6) is 11.5 Å². The molecule has 0 aliphatic carbocycles. The average Bonchev–Trinajstić information content (AvgIpc) is 3.55. The summed E-state index contributed by atoms with van der Waals surface area (Å²) in [4.78, 5) is 35.8. The molecule has 0 unspecified atom stereocenters. The molecular formula is C23H20N4O5. The second kappa shape index (κ2) is 8.18. The van der Waals surface area contributed by atoms with Gasteiger partial charge in [-0.1, -0.05) is 6.07 Å². The number of ketones is 1. The Hall–Kier alpha value is -4.14. The maximum atomic E-state index is 13.0. The Kier molecular flexibility index (Phi) is 5.06. The number of carbonyl (C=O) groups excluding carboxylic acids is 2. The van der Waals surface area contributed by atoms with Crippen molar-refractivity contribution in [2.75, 3.05) is 13.3 Å². The zero-order valence-corrected chi connectivity index (χ0v) is 17.0. The number of aliphatic hydroxyl groups is 1. The van der Waals surface area contributed by atoms with E-state index in [1.807, 2.05) is 10.8 Å². The molecule has 2 aliphatic heterocycles. The Labute approximate surface area is 183 Å². The monoisotopic (exact) mass is 432 g/mol. The summed E-state index contributed by atoms with van der Waals surface area (Å²) in [7, 11) is 0. The van der Waals surface area contributed by atoms with E-state index in [0.29, 0.717) is 42.3 Å². The fourth-order valence-electron chi connectivity index (χ4n) is 4.00. The number of carbonyl (C=O) groups is 2. The molecule has 0 saturated carbocycles. The summed E-state index contributed by atoms with van der Waals surface area (Å²) in [6.07, 6.45) is 7.43. The first kappa shape index (κ1) is 19.8. The molecule has 3 aromatic rings. The number of hydrogen-bond donors (Lipinski definition) is 1. The number of fused-ring (bicyclic) bond motifs is 1. The molecule has 1 aromatic carbocycles. The Balaban J connectivity index is 1.52. The predicted octanol–water partition coefficient (Wildman–Crippen LogP) is 2.52. The van der Waals surface area contributed by atoms with Crippen LogP contribution in [0.4, 0.5) is 0 Å². The second-order valence-electron chi connectivity index (χ2n) is 7.47. The normalized spacial score (nSPS) is 19.0. The SMILES string of the molecule is O=C1C(=O)N(CCCn2ccnc2)[C@@H](c2ccccn2)C1=C(O)c1ccc2c(c1)OCO2. The maximum absolute atomic E-state index is 13.0. The number of pyridine rings is 1. The molecule has 9 nitrogen and oxygen atoms in total. The van der Waals surface area contributed by atoms with E-state index in [4.69, 9.17) is 9.47 Å². The molecular weight excluding hydrogens is 412 g/mol. The molecule has 32 heavy (non-hydrogen) atoms. The highest BCUT2D eigenvalue weighted by Gasteiger charge is 2.46. The average molecular weight is 432 g/mol. The van der Waals surface area contributed by atoms with Crippen LogP contribution in [-0.2, 0) is 16.1 Å². The number of amides is 1. The molecule has 9 heteroatoms. The minimum absolute atomic E-state index is 0.00944. The molecule has 1 saturated heterocycles. The summed E-state index contributed by atoms with van der Waals surface area (Å²) >= 11 is 0. The topological polar surface area (TPSA) is 107 Å². The van der Waals surface area contributed by atoms with Gasteiger partial charge < -0.3 is 24.0 Å². The largest absolute Gasteiger partial charge is 0.507 e. The van der Waals surface area contributed by atoms with E-state index in [-0.39, 0.29) is 18.1 Å². The van der Waals surface area contributed by atoms with E-state index >= 15 is 0 Å². The van der Waals surface area contributed by atoms with Crippen molar-refractivity contribution in [1.29, 1.82) is 0 Å². The zero-order valence-electron chi connectivity index (χ0n) is 17.0. The molecule has 162 valence electrons. The highest BCUT2D eigenvalue weighted by Crippen LogP contribution is 2.40. The second-order valence-corrected chi connectivity index (χ2v) is 7.47. The first-order valence-electron chi connectivity index (χ1n) is 10.2. The fraction of sp³-hybridized carbons (Fsp3) is 0.217. The minimum atomic E-state index is -0.788. The fourth-order valence-corrected chi connectivity index (χ4v) is 4.00. The number of aryl methyl sites for hydroxylation is 1. The molecule has 5 rings (SSSR count). The van der Waals surface area contributed by atoms with Gasteiger partial charge in [-0.2, -0.15) is 0 Å². The number of aromatic nitrogens is 3. The van der Waals surface area contributed by atoms with Crippen molar-refractivity contribution in [2.24, 2.45) is 0 Å². The first-order valence-corrected chi connectivity index (χ1v) is 10.2. The van der Waals surface area contributed by atoms with Crippen LogP contribution in [0.2, 0.25) is 0 Å². The standard InChI is InChI=1S/C23H20N4O5/c28-21(15-5-6-17-18(12-15)32-14-31-17)19-20(16-4-1-2-7-25-16)27(23(30)22(19)29)10-3-9-26-11-8-24-13-26/h1-2,4-8,11-13,20,28H,3,9-10,14H2/t20-/m0/s1. The number of ether oxygens (including phenoxy) is 2. The lowest BCUT2D eigenvalue weighted by Gasteiger charge is -2.24. The number of benzene rings is 1. The van der Waals surface area contributed by atoms with Crippen molar-refractivity contribution < 1.29 is 24.2 Å². The Morgan fingerprint density at radius 1 is 1.09 bits per heavy atom. The van der Waals surface area contributed by atoms with E-state index in [9.17, 15) is 14.7 Å². The summed E-state index contributed by atoms with van der Waals surface area (Å²) in [6, 6.07) is 9.39. The smallest absolute Gasteiger partial charge is 0.295 e. The van der Waals surface area contributed by atoms with Crippen molar-refractivity contribution in [3.63, 3.8) is 0 Å². The zero-order chi connectivity index (χ0) is 22.1. The van der Waals surface area contributed by atoms with Crippen molar-refractivity contribution in [3.8, 4) is 11.5 Å². The lowest BCUT2D eigenvalue weighted by molar-refractivity contribution is -0.140. The van der Waals surface area contributed by atoms with E-state index in [2.05, 4.69) is 9.97 Å². The van der Waals surface area contributed by atoms with Crippen molar-refractivity contribution in [2.45, 2.75) is 19.0 Å². The molecule has 1 fully saturated rings. The molecule has 1 N–H and O–H groups in total. The van der Waals surface area contributed by atoms with E-state index in [0.717, 1.165) is 0 Å². The van der Waals surface area contributed by atoms with Gasteiger partial charge in [-0.05, 0) is 36.8 Å². The molecule has 0 radical (unpaired) electrons. The Morgan fingerprint density at radius 2 is 1.97 bits per heavy atom. The third-order valence-corrected chi connectivity index (χ3v) is 5.53. The third kappa shape index (κ3) is 3.47. The predicted molar refractivity (Wildman–Crippen MR) is 113 cm³/mol. The molecule has 1 amide bonds. The van der Waals surface area contributed by atoms with E-state index in [1.165, 1.54) is 4.90 Å². The number of aliphatic hydroxyl groups excluding tert-OH is 1. The molecule has 1 atom stereocenters. The van der Waals surface area contributed by atoms with Crippen LogP contribution in [0.15, 0.2) is 66.9 Å². The quantitative estimate of drug-likeness (QED) is 0.362. The molecule has 0 spiro atoms. The summed E-state index contributed by atoms with van der Waals surface area (Å²) < 4.78 is 12.6. The van der Waals surface area contributed by atoms with Gasteiger partial charge >= 0.3 is 0 Å². The number of nitrogens with zero attached hydrogens (tertiary/aromatic N) is 4. The summed E-state index contributed by atoms with van der Waals surface area (Å²) in [5, 5.41) is 11.1. The molecule has 4 heterocycles. The highest BCUT2D eigenvalue weighted by atomic mass is 16.7. The summed E-state index contributed by atoms with van der Waals surface area (Å²) in [5.74, 6) is -0.637. The number of likely N-dealkylation sites (tertiary alicyclic amines) is 1. The van der Waals surface area contributed by atoms with Crippen LogP contribution < -0.4 is 9.47 Å². The van der Waals surface area contributed by atoms with Crippen LogP contribution in [0.1, 0.15) is 23.7 Å². The highest BCUT2D eigenvalue weighted by molar-refractivity contribution is 6.46. The number of imidazole rings is 1. The first-order chi connectivity index (χ1) is 15.6. The lowest BCUT2D eigenvalue weighted by atomic mass is 9.98. The van der Waals surface area contributed by atoms with Crippen LogP contribution >= 0.6 is 0 Å². The van der Waals surface area contributed by atoms with Gasteiger partial charge in [-0.15, -0.1) is 0 Å². The van der Waals surface area contributed by atoms with Crippen molar-refractivity contribution >= 4 is 17.4 Å². The molecule has 2 aliphatic rings. The van der Waals surface area contributed by atoms with Gasteiger partial charge in [-0.25, -0.2) is 4.98 Å². The third-order valence-electron chi connectivity index (χ3n) is 5.53. The number of hydrogen-bond acceptors (Lipinski definition) is 7. The van der Waals surface area contributed by atoms with Gasteiger partial charge in [0.2, 0.25) is 6.79 Å². The Bertz CT molecular complexity index is 1190. The van der Waals surface area contributed by atoms with Gasteiger partial charge in [0.15, 0.2) is 11.5 Å². The summed E-state index contributed by atoms with van der Waals surface area (Å²) in [6.45, 7) is 1.05. The van der Waals surface area contributed by atoms with Gasteiger partial charge in [0.1, 0.15) is 11.8 Å². The van der Waals surface area contributed by atoms with Crippen molar-refractivity contribution in [1.82, 2.24) is 19.4 Å². The van der Waals surface area contributed by atoms with Crippen LogP contribution in [0.25, 0.3) is 5.76 Å².